The van der Waals surface area contributed by atoms with Crippen molar-refractivity contribution in [1.82, 2.24) is 14.8 Å². The van der Waals surface area contributed by atoms with E-state index in [9.17, 15) is 0 Å². The standard InChI is InChI=1S/C28H23N3/c1-20-17-21(2)19-24(18-20)31-27(23-13-7-4-8-14-23)29-30-28(31)26-16-10-9-15-25(26)22-11-5-3-6-12-22/h3-19H,1-2H3. The summed E-state index contributed by atoms with van der Waals surface area (Å²) < 4.78 is 2.18. The van der Waals surface area contributed by atoms with Crippen LogP contribution in [0, 0.1) is 13.8 Å². The second-order valence-corrected chi connectivity index (χ2v) is 7.81. The van der Waals surface area contributed by atoms with Gasteiger partial charge in [0.25, 0.3) is 0 Å². The average Bonchev–Trinajstić information content (AvgIpc) is 3.25. The van der Waals surface area contributed by atoms with E-state index in [2.05, 4.69) is 102 Å². The monoisotopic (exact) mass is 401 g/mol. The minimum atomic E-state index is 0.836. The first-order valence-electron chi connectivity index (χ1n) is 10.4. The molecule has 0 aliphatic rings. The maximum absolute atomic E-state index is 4.70. The van der Waals surface area contributed by atoms with E-state index >= 15 is 0 Å². The largest absolute Gasteiger partial charge is 0.275 e. The molecule has 0 aliphatic heterocycles. The van der Waals surface area contributed by atoms with Gasteiger partial charge >= 0.3 is 0 Å². The summed E-state index contributed by atoms with van der Waals surface area (Å²) in [5.74, 6) is 1.67. The van der Waals surface area contributed by atoms with E-state index in [0.717, 1.165) is 39.6 Å². The molecule has 5 rings (SSSR count). The maximum atomic E-state index is 4.70. The predicted octanol–water partition coefficient (Wildman–Crippen LogP) is 6.89. The summed E-state index contributed by atoms with van der Waals surface area (Å²) >= 11 is 0. The quantitative estimate of drug-likeness (QED) is 0.328. The minimum Gasteiger partial charge on any atom is -0.275 e. The van der Waals surface area contributed by atoms with Crippen molar-refractivity contribution in [3.05, 3.63) is 114 Å². The molecule has 1 aromatic heterocycles. The Morgan fingerprint density at radius 3 is 1.68 bits per heavy atom. The Morgan fingerprint density at radius 1 is 0.516 bits per heavy atom. The van der Waals surface area contributed by atoms with Crippen molar-refractivity contribution in [2.75, 3.05) is 0 Å². The summed E-state index contributed by atoms with van der Waals surface area (Å²) in [5.41, 5.74) is 7.89. The normalized spacial score (nSPS) is 10.9. The molecule has 0 saturated carbocycles. The van der Waals surface area contributed by atoms with Crippen molar-refractivity contribution in [2.45, 2.75) is 13.8 Å². The van der Waals surface area contributed by atoms with Gasteiger partial charge < -0.3 is 0 Å². The van der Waals surface area contributed by atoms with Gasteiger partial charge in [0.05, 0.1) is 0 Å². The third-order valence-electron chi connectivity index (χ3n) is 5.41. The Kier molecular flexibility index (Phi) is 4.93. The highest BCUT2D eigenvalue weighted by molar-refractivity contribution is 5.82. The van der Waals surface area contributed by atoms with Crippen LogP contribution in [0.25, 0.3) is 39.6 Å². The van der Waals surface area contributed by atoms with Crippen LogP contribution >= 0.6 is 0 Å². The molecule has 0 fully saturated rings. The molecule has 0 atom stereocenters. The van der Waals surface area contributed by atoms with Gasteiger partial charge in [0.2, 0.25) is 0 Å². The van der Waals surface area contributed by atoms with Crippen molar-refractivity contribution in [3.63, 3.8) is 0 Å². The topological polar surface area (TPSA) is 30.7 Å². The Labute approximate surface area is 182 Å². The molecule has 0 N–H and O–H groups in total. The van der Waals surface area contributed by atoms with E-state index in [-0.39, 0.29) is 0 Å². The molecule has 0 bridgehead atoms. The molecule has 0 unspecified atom stereocenters. The predicted molar refractivity (Wildman–Crippen MR) is 127 cm³/mol. The fourth-order valence-corrected chi connectivity index (χ4v) is 4.10. The van der Waals surface area contributed by atoms with E-state index in [4.69, 9.17) is 5.10 Å². The third kappa shape index (κ3) is 3.66. The zero-order valence-electron chi connectivity index (χ0n) is 17.7. The molecule has 0 amide bonds. The van der Waals surface area contributed by atoms with Gasteiger partial charge in [-0.25, -0.2) is 0 Å². The van der Waals surface area contributed by atoms with Crippen LogP contribution in [-0.2, 0) is 0 Å². The van der Waals surface area contributed by atoms with E-state index in [1.807, 2.05) is 24.3 Å². The molecule has 0 aliphatic carbocycles. The fraction of sp³-hybridized carbons (Fsp3) is 0.0714. The van der Waals surface area contributed by atoms with Crippen molar-refractivity contribution in [1.29, 1.82) is 0 Å². The van der Waals surface area contributed by atoms with Gasteiger partial charge in [-0.2, -0.15) is 0 Å². The maximum Gasteiger partial charge on any atom is 0.169 e. The first kappa shape index (κ1) is 19.0. The fourth-order valence-electron chi connectivity index (χ4n) is 4.10. The number of hydrogen-bond acceptors (Lipinski definition) is 2. The van der Waals surface area contributed by atoms with Gasteiger partial charge in [0.1, 0.15) is 0 Å². The summed E-state index contributed by atoms with van der Waals surface area (Å²) in [6.45, 7) is 4.25. The summed E-state index contributed by atoms with van der Waals surface area (Å²) in [5, 5.41) is 9.34. The Morgan fingerprint density at radius 2 is 1.03 bits per heavy atom. The number of aryl methyl sites for hydroxylation is 2. The minimum absolute atomic E-state index is 0.836. The van der Waals surface area contributed by atoms with Gasteiger partial charge in [-0.1, -0.05) is 91.0 Å². The molecule has 3 heteroatoms. The molecule has 3 nitrogen and oxygen atoms in total. The van der Waals surface area contributed by atoms with E-state index in [1.165, 1.54) is 11.1 Å². The van der Waals surface area contributed by atoms with Crippen molar-refractivity contribution >= 4 is 0 Å². The van der Waals surface area contributed by atoms with Crippen LogP contribution in [-0.4, -0.2) is 14.8 Å². The molecular formula is C28H23N3. The second-order valence-electron chi connectivity index (χ2n) is 7.81. The SMILES string of the molecule is Cc1cc(C)cc(-n2c(-c3ccccc3)nnc2-c2ccccc2-c2ccccc2)c1. The molecular weight excluding hydrogens is 378 g/mol. The van der Waals surface area contributed by atoms with Gasteiger partial charge in [0.15, 0.2) is 11.6 Å². The van der Waals surface area contributed by atoms with Crippen LogP contribution in [0.2, 0.25) is 0 Å². The number of aromatic nitrogens is 3. The van der Waals surface area contributed by atoms with Crippen molar-refractivity contribution in [2.24, 2.45) is 0 Å². The van der Waals surface area contributed by atoms with Crippen LogP contribution in [0.4, 0.5) is 0 Å². The summed E-state index contributed by atoms with van der Waals surface area (Å²) in [6.07, 6.45) is 0. The van der Waals surface area contributed by atoms with Crippen LogP contribution < -0.4 is 0 Å². The lowest BCUT2D eigenvalue weighted by Gasteiger charge is -2.15. The highest BCUT2D eigenvalue weighted by Gasteiger charge is 2.20. The second kappa shape index (κ2) is 8.04. The van der Waals surface area contributed by atoms with Gasteiger partial charge in [-0.05, 0) is 48.2 Å². The Bertz CT molecular complexity index is 1320. The average molecular weight is 402 g/mol. The first-order valence-corrected chi connectivity index (χ1v) is 10.4. The molecule has 31 heavy (non-hydrogen) atoms. The van der Waals surface area contributed by atoms with Gasteiger partial charge in [-0.15, -0.1) is 10.2 Å². The van der Waals surface area contributed by atoms with Crippen molar-refractivity contribution in [3.8, 4) is 39.6 Å². The third-order valence-corrected chi connectivity index (χ3v) is 5.41. The van der Waals surface area contributed by atoms with Crippen molar-refractivity contribution < 1.29 is 0 Å². The van der Waals surface area contributed by atoms with Crippen LogP contribution in [0.1, 0.15) is 11.1 Å². The lowest BCUT2D eigenvalue weighted by Crippen LogP contribution is -2.02. The zero-order valence-corrected chi connectivity index (χ0v) is 17.7. The number of hydrogen-bond donors (Lipinski definition) is 0. The molecule has 150 valence electrons. The molecule has 4 aromatic carbocycles. The summed E-state index contributed by atoms with van der Waals surface area (Å²) in [6, 6.07) is 35.7. The van der Waals surface area contributed by atoms with E-state index in [1.54, 1.807) is 0 Å². The molecule has 0 spiro atoms. The molecule has 0 saturated heterocycles. The first-order chi connectivity index (χ1) is 15.2. The van der Waals surface area contributed by atoms with Crippen LogP contribution in [0.5, 0.6) is 0 Å². The number of nitrogens with zero attached hydrogens (tertiary/aromatic N) is 3. The molecule has 5 aromatic rings. The molecule has 0 radical (unpaired) electrons. The van der Waals surface area contributed by atoms with Crippen LogP contribution in [0.3, 0.4) is 0 Å². The lowest BCUT2D eigenvalue weighted by molar-refractivity contribution is 1.06. The Balaban J connectivity index is 1.80. The zero-order chi connectivity index (χ0) is 21.2. The lowest BCUT2D eigenvalue weighted by atomic mass is 9.99. The van der Waals surface area contributed by atoms with E-state index in [0.29, 0.717) is 0 Å². The summed E-state index contributed by atoms with van der Waals surface area (Å²) in [4.78, 5) is 0. The molecule has 1 heterocycles. The smallest absolute Gasteiger partial charge is 0.169 e. The van der Waals surface area contributed by atoms with Gasteiger partial charge in [0, 0.05) is 16.8 Å². The number of rotatable bonds is 4. The van der Waals surface area contributed by atoms with Gasteiger partial charge in [-0.3, -0.25) is 4.57 Å². The number of benzene rings is 4. The Hall–Kier alpha value is -3.98. The highest BCUT2D eigenvalue weighted by Crippen LogP contribution is 2.35. The highest BCUT2D eigenvalue weighted by atomic mass is 15.3. The van der Waals surface area contributed by atoms with Crippen LogP contribution in [0.15, 0.2) is 103 Å². The summed E-state index contributed by atoms with van der Waals surface area (Å²) in [7, 11) is 0. The van der Waals surface area contributed by atoms with E-state index < -0.39 is 0 Å².